The predicted molar refractivity (Wildman–Crippen MR) is 145 cm³/mol. The second kappa shape index (κ2) is 9.83. The van der Waals surface area contributed by atoms with Crippen LogP contribution >= 0.6 is 11.6 Å². The van der Waals surface area contributed by atoms with Crippen LogP contribution in [0.25, 0.3) is 10.9 Å². The SMILES string of the molecule is COc1nc2ccc(C(O)(c3ccccn3)c3cncn3C)cc2c(Cl)c1Cc1ccc(S(C)(=O)=O)cc1. The summed E-state index contributed by atoms with van der Waals surface area (Å²) in [4.78, 5) is 13.6. The molecule has 10 heteroatoms. The quantitative estimate of drug-likeness (QED) is 0.323. The van der Waals surface area contributed by atoms with Crippen LogP contribution in [-0.4, -0.2) is 46.4 Å². The van der Waals surface area contributed by atoms with E-state index >= 15 is 0 Å². The van der Waals surface area contributed by atoms with Gasteiger partial charge in [0.2, 0.25) is 5.88 Å². The molecule has 38 heavy (non-hydrogen) atoms. The van der Waals surface area contributed by atoms with Crippen molar-refractivity contribution in [1.29, 1.82) is 0 Å². The fraction of sp³-hybridized carbons (Fsp3) is 0.179. The van der Waals surface area contributed by atoms with Gasteiger partial charge in [0.15, 0.2) is 15.4 Å². The second-order valence-corrected chi connectivity index (χ2v) is 11.4. The highest BCUT2D eigenvalue weighted by molar-refractivity contribution is 7.90. The minimum absolute atomic E-state index is 0.240. The Morgan fingerprint density at radius 3 is 2.47 bits per heavy atom. The lowest BCUT2D eigenvalue weighted by atomic mass is 9.86. The van der Waals surface area contributed by atoms with Crippen molar-refractivity contribution in [2.24, 2.45) is 7.05 Å². The molecule has 3 heterocycles. The first-order valence-corrected chi connectivity index (χ1v) is 14.0. The van der Waals surface area contributed by atoms with E-state index in [1.165, 1.54) is 13.4 Å². The number of benzene rings is 2. The molecule has 0 aliphatic carbocycles. The third-order valence-corrected chi connectivity index (χ3v) is 8.10. The van der Waals surface area contributed by atoms with Crippen LogP contribution in [0.3, 0.4) is 0 Å². The Morgan fingerprint density at radius 1 is 1.11 bits per heavy atom. The minimum Gasteiger partial charge on any atom is -0.481 e. The Kier molecular flexibility index (Phi) is 6.68. The standard InChI is InChI=1S/C28H25ClN4O4S/c1-33-17-30-16-25(33)28(34,24-6-4-5-13-31-24)19-9-12-23-21(15-19)26(29)22(27(32-23)37-2)14-18-7-10-20(11-8-18)38(3,35)36/h4-13,15-17,34H,14H2,1-3H3. The fourth-order valence-electron chi connectivity index (χ4n) is 4.56. The molecule has 0 saturated carbocycles. The Bertz CT molecular complexity index is 1740. The van der Waals surface area contributed by atoms with E-state index < -0.39 is 15.4 Å². The van der Waals surface area contributed by atoms with Crippen LogP contribution < -0.4 is 4.74 Å². The topological polar surface area (TPSA) is 107 Å². The normalized spacial score (nSPS) is 13.4. The molecule has 0 aliphatic rings. The van der Waals surface area contributed by atoms with E-state index in [0.29, 0.717) is 50.7 Å². The first kappa shape index (κ1) is 25.8. The number of rotatable bonds is 7. The van der Waals surface area contributed by atoms with Crippen molar-refractivity contribution in [3.05, 3.63) is 112 Å². The number of methoxy groups -OCH3 is 1. The van der Waals surface area contributed by atoms with Gasteiger partial charge in [0.25, 0.3) is 0 Å². The molecule has 0 fully saturated rings. The first-order valence-electron chi connectivity index (χ1n) is 11.7. The number of ether oxygens (including phenoxy) is 1. The van der Waals surface area contributed by atoms with Crippen molar-refractivity contribution < 1.29 is 18.3 Å². The molecule has 5 rings (SSSR count). The minimum atomic E-state index is -3.30. The maximum atomic E-state index is 12.2. The van der Waals surface area contributed by atoms with Crippen molar-refractivity contribution in [2.75, 3.05) is 13.4 Å². The van der Waals surface area contributed by atoms with Crippen LogP contribution in [0.15, 0.2) is 84.3 Å². The zero-order chi connectivity index (χ0) is 27.1. The molecular weight excluding hydrogens is 524 g/mol. The van der Waals surface area contributed by atoms with Gasteiger partial charge in [-0.15, -0.1) is 0 Å². The van der Waals surface area contributed by atoms with Gasteiger partial charge in [0.1, 0.15) is 0 Å². The van der Waals surface area contributed by atoms with E-state index in [4.69, 9.17) is 16.3 Å². The van der Waals surface area contributed by atoms with Gasteiger partial charge < -0.3 is 14.4 Å². The number of pyridine rings is 2. The molecule has 0 amide bonds. The summed E-state index contributed by atoms with van der Waals surface area (Å²) in [6.45, 7) is 0. The summed E-state index contributed by atoms with van der Waals surface area (Å²) >= 11 is 6.97. The van der Waals surface area contributed by atoms with Gasteiger partial charge >= 0.3 is 0 Å². The van der Waals surface area contributed by atoms with Gasteiger partial charge in [-0.3, -0.25) is 4.98 Å². The average Bonchev–Trinajstić information content (AvgIpc) is 3.36. The fourth-order valence-corrected chi connectivity index (χ4v) is 5.49. The summed E-state index contributed by atoms with van der Waals surface area (Å²) in [7, 11) is 0.0307. The van der Waals surface area contributed by atoms with Crippen LogP contribution in [0.2, 0.25) is 5.02 Å². The largest absolute Gasteiger partial charge is 0.481 e. The van der Waals surface area contributed by atoms with E-state index in [9.17, 15) is 13.5 Å². The van der Waals surface area contributed by atoms with Crippen molar-refractivity contribution in [3.8, 4) is 5.88 Å². The zero-order valence-electron chi connectivity index (χ0n) is 21.0. The maximum Gasteiger partial charge on any atom is 0.218 e. The molecule has 1 N–H and O–H groups in total. The van der Waals surface area contributed by atoms with Gasteiger partial charge in [0, 0.05) is 36.9 Å². The van der Waals surface area contributed by atoms with E-state index in [2.05, 4.69) is 15.0 Å². The maximum absolute atomic E-state index is 12.2. The summed E-state index contributed by atoms with van der Waals surface area (Å²) in [6.07, 6.45) is 6.40. The number of fused-ring (bicyclic) bond motifs is 1. The van der Waals surface area contributed by atoms with Gasteiger partial charge in [-0.2, -0.15) is 0 Å². The second-order valence-electron chi connectivity index (χ2n) is 9.05. The molecule has 0 radical (unpaired) electrons. The number of hydrogen-bond donors (Lipinski definition) is 1. The number of aryl methyl sites for hydroxylation is 1. The highest BCUT2D eigenvalue weighted by Crippen LogP contribution is 2.40. The molecule has 1 atom stereocenters. The molecule has 5 aromatic rings. The lowest BCUT2D eigenvalue weighted by Gasteiger charge is -2.29. The lowest BCUT2D eigenvalue weighted by Crippen LogP contribution is -2.32. The summed E-state index contributed by atoms with van der Waals surface area (Å²) in [5, 5.41) is 13.2. The van der Waals surface area contributed by atoms with Crippen LogP contribution in [-0.2, 0) is 28.9 Å². The Morgan fingerprint density at radius 2 is 1.87 bits per heavy atom. The summed E-state index contributed by atoms with van der Waals surface area (Å²) in [5.74, 6) is 0.370. The highest BCUT2D eigenvalue weighted by Gasteiger charge is 2.38. The smallest absolute Gasteiger partial charge is 0.218 e. The molecule has 1 unspecified atom stereocenters. The number of sulfone groups is 1. The van der Waals surface area contributed by atoms with E-state index in [-0.39, 0.29) is 4.90 Å². The van der Waals surface area contributed by atoms with Crippen LogP contribution in [0, 0.1) is 0 Å². The number of aromatic nitrogens is 4. The molecule has 2 aromatic carbocycles. The number of aliphatic hydroxyl groups is 1. The van der Waals surface area contributed by atoms with Gasteiger partial charge in [-0.1, -0.05) is 35.9 Å². The number of imidazole rings is 1. The molecule has 8 nitrogen and oxygen atoms in total. The Balaban J connectivity index is 1.66. The van der Waals surface area contributed by atoms with Crippen molar-refractivity contribution in [2.45, 2.75) is 16.9 Å². The highest BCUT2D eigenvalue weighted by atomic mass is 35.5. The first-order chi connectivity index (χ1) is 18.1. The predicted octanol–water partition coefficient (Wildman–Crippen LogP) is 4.30. The molecular formula is C28H25ClN4O4S. The molecule has 3 aromatic heterocycles. The summed E-state index contributed by atoms with van der Waals surface area (Å²) in [5.41, 5.74) is 2.00. The van der Waals surface area contributed by atoms with Crippen molar-refractivity contribution in [3.63, 3.8) is 0 Å². The van der Waals surface area contributed by atoms with Crippen LogP contribution in [0.1, 0.15) is 28.1 Å². The average molecular weight is 549 g/mol. The van der Waals surface area contributed by atoms with Crippen LogP contribution in [0.4, 0.5) is 0 Å². The molecule has 194 valence electrons. The number of hydrogen-bond acceptors (Lipinski definition) is 7. The summed E-state index contributed by atoms with van der Waals surface area (Å²) < 4.78 is 31.0. The van der Waals surface area contributed by atoms with Gasteiger partial charge in [-0.25, -0.2) is 18.4 Å². The van der Waals surface area contributed by atoms with Crippen molar-refractivity contribution >= 4 is 32.3 Å². The molecule has 0 saturated heterocycles. The van der Waals surface area contributed by atoms with E-state index in [1.54, 1.807) is 71.8 Å². The Hall–Kier alpha value is -3.79. The van der Waals surface area contributed by atoms with E-state index in [0.717, 1.165) is 5.56 Å². The van der Waals surface area contributed by atoms with Gasteiger partial charge in [-0.05, 0) is 47.5 Å². The molecule has 0 spiro atoms. The zero-order valence-corrected chi connectivity index (χ0v) is 22.5. The van der Waals surface area contributed by atoms with Crippen LogP contribution in [0.5, 0.6) is 5.88 Å². The summed E-state index contributed by atoms with van der Waals surface area (Å²) in [6, 6.07) is 17.4. The third-order valence-electron chi connectivity index (χ3n) is 6.54. The number of halogens is 1. The Labute approximate surface area is 225 Å². The van der Waals surface area contributed by atoms with Gasteiger partial charge in [0.05, 0.1) is 46.5 Å². The van der Waals surface area contributed by atoms with Crippen molar-refractivity contribution in [1.82, 2.24) is 19.5 Å². The molecule has 0 aliphatic heterocycles. The number of nitrogens with zero attached hydrogens (tertiary/aromatic N) is 4. The monoisotopic (exact) mass is 548 g/mol. The third kappa shape index (κ3) is 4.53. The lowest BCUT2D eigenvalue weighted by molar-refractivity contribution is 0.113. The molecule has 0 bridgehead atoms. The van der Waals surface area contributed by atoms with E-state index in [1.807, 2.05) is 19.2 Å².